The molecule has 4 rings (SSSR count). The highest BCUT2D eigenvalue weighted by molar-refractivity contribution is 9.10. The number of anilines is 1. The molecule has 0 aliphatic carbocycles. The number of carboxylic acids is 2. The number of benzene rings is 1. The Hall–Kier alpha value is -2.98. The third kappa shape index (κ3) is 3.75. The van der Waals surface area contributed by atoms with Gasteiger partial charge in [-0.2, -0.15) is 0 Å². The highest BCUT2D eigenvalue weighted by Gasteiger charge is 2.33. The van der Waals surface area contributed by atoms with E-state index in [1.54, 1.807) is 30.7 Å². The SMILES string of the molecule is Cn1cc(C(C(=O)O)N2CCN(c3ncc(Br)cn3)CC2)c2cc(C(=O)O)ccc21. The van der Waals surface area contributed by atoms with Crippen molar-refractivity contribution in [3.05, 3.63) is 52.4 Å². The average Bonchev–Trinajstić information content (AvgIpc) is 3.05. The van der Waals surface area contributed by atoms with Crippen LogP contribution in [0.2, 0.25) is 0 Å². The molecule has 10 heteroatoms. The Labute approximate surface area is 180 Å². The average molecular weight is 474 g/mol. The van der Waals surface area contributed by atoms with Crippen LogP contribution < -0.4 is 4.90 Å². The van der Waals surface area contributed by atoms with Gasteiger partial charge in [0, 0.05) is 68.3 Å². The molecule has 0 saturated carbocycles. The lowest BCUT2D eigenvalue weighted by Gasteiger charge is -2.37. The summed E-state index contributed by atoms with van der Waals surface area (Å²) in [7, 11) is 1.83. The van der Waals surface area contributed by atoms with Crippen molar-refractivity contribution in [2.24, 2.45) is 7.05 Å². The summed E-state index contributed by atoms with van der Waals surface area (Å²) in [4.78, 5) is 36.2. The number of fused-ring (bicyclic) bond motifs is 1. The first-order valence-electron chi connectivity index (χ1n) is 9.37. The van der Waals surface area contributed by atoms with Gasteiger partial charge in [0.2, 0.25) is 5.95 Å². The highest BCUT2D eigenvalue weighted by atomic mass is 79.9. The van der Waals surface area contributed by atoms with Crippen molar-refractivity contribution in [3.8, 4) is 0 Å². The van der Waals surface area contributed by atoms with Crippen LogP contribution in [0.3, 0.4) is 0 Å². The summed E-state index contributed by atoms with van der Waals surface area (Å²) in [5.74, 6) is -1.39. The third-order valence-corrected chi connectivity index (χ3v) is 5.77. The van der Waals surface area contributed by atoms with Crippen LogP contribution in [-0.2, 0) is 11.8 Å². The van der Waals surface area contributed by atoms with Gasteiger partial charge >= 0.3 is 11.9 Å². The molecule has 0 bridgehead atoms. The molecule has 3 aromatic rings. The maximum atomic E-state index is 12.2. The molecule has 1 aliphatic rings. The highest BCUT2D eigenvalue weighted by Crippen LogP contribution is 2.32. The van der Waals surface area contributed by atoms with E-state index in [2.05, 4.69) is 25.9 Å². The van der Waals surface area contributed by atoms with Gasteiger partial charge in [-0.15, -0.1) is 0 Å². The molecule has 0 radical (unpaired) electrons. The van der Waals surface area contributed by atoms with E-state index in [0.29, 0.717) is 43.1 Å². The molecule has 2 aromatic heterocycles. The van der Waals surface area contributed by atoms with E-state index in [4.69, 9.17) is 0 Å². The third-order valence-electron chi connectivity index (χ3n) is 5.36. The summed E-state index contributed by atoms with van der Waals surface area (Å²) in [6.07, 6.45) is 5.15. The summed E-state index contributed by atoms with van der Waals surface area (Å²) in [5, 5.41) is 20.0. The number of carboxylic acid groups (broad SMARTS) is 2. The number of nitrogens with zero attached hydrogens (tertiary/aromatic N) is 5. The van der Waals surface area contributed by atoms with Crippen LogP contribution in [0.15, 0.2) is 41.3 Å². The molecule has 1 aromatic carbocycles. The normalized spacial score (nSPS) is 16.0. The second-order valence-corrected chi connectivity index (χ2v) is 8.11. The molecule has 2 N–H and O–H groups in total. The van der Waals surface area contributed by atoms with Crippen LogP contribution in [0.5, 0.6) is 0 Å². The molecule has 1 aliphatic heterocycles. The van der Waals surface area contributed by atoms with Gasteiger partial charge in [-0.25, -0.2) is 14.8 Å². The van der Waals surface area contributed by atoms with Crippen LogP contribution in [0, 0.1) is 0 Å². The second-order valence-electron chi connectivity index (χ2n) is 7.20. The van der Waals surface area contributed by atoms with Gasteiger partial charge in [-0.3, -0.25) is 9.69 Å². The topological polar surface area (TPSA) is 112 Å². The van der Waals surface area contributed by atoms with Gasteiger partial charge in [0.25, 0.3) is 0 Å². The number of hydrogen-bond donors (Lipinski definition) is 2. The predicted molar refractivity (Wildman–Crippen MR) is 114 cm³/mol. The molecule has 1 unspecified atom stereocenters. The maximum absolute atomic E-state index is 12.2. The first-order chi connectivity index (χ1) is 14.3. The summed E-state index contributed by atoms with van der Waals surface area (Å²) in [6, 6.07) is 3.92. The molecule has 30 heavy (non-hydrogen) atoms. The van der Waals surface area contributed by atoms with E-state index in [1.165, 1.54) is 6.07 Å². The van der Waals surface area contributed by atoms with E-state index < -0.39 is 18.0 Å². The first-order valence-corrected chi connectivity index (χ1v) is 10.2. The molecule has 1 fully saturated rings. The Morgan fingerprint density at radius 3 is 2.37 bits per heavy atom. The summed E-state index contributed by atoms with van der Waals surface area (Å²) in [6.45, 7) is 2.23. The van der Waals surface area contributed by atoms with Gasteiger partial charge in [0.1, 0.15) is 6.04 Å². The Morgan fingerprint density at radius 1 is 1.10 bits per heavy atom. The number of piperazine rings is 1. The summed E-state index contributed by atoms with van der Waals surface area (Å²) >= 11 is 3.32. The Morgan fingerprint density at radius 2 is 1.77 bits per heavy atom. The standard InChI is InChI=1S/C20H20BrN5O4/c1-24-11-15(14-8-12(18(27)28)2-3-16(14)24)17(19(29)30)25-4-6-26(7-5-25)20-22-9-13(21)10-23-20/h2-3,8-11,17H,4-7H2,1H3,(H,27,28)(H,29,30). The van der Waals surface area contributed by atoms with E-state index in [0.717, 1.165) is 9.99 Å². The summed E-state index contributed by atoms with van der Waals surface area (Å²) < 4.78 is 2.63. The minimum Gasteiger partial charge on any atom is -0.480 e. The molecule has 0 spiro atoms. The molecular formula is C20H20BrN5O4. The van der Waals surface area contributed by atoms with Gasteiger partial charge in [0.15, 0.2) is 0 Å². The lowest BCUT2D eigenvalue weighted by molar-refractivity contribution is -0.143. The number of aromatic nitrogens is 3. The zero-order chi connectivity index (χ0) is 21.4. The van der Waals surface area contributed by atoms with Crippen molar-refractivity contribution in [2.45, 2.75) is 6.04 Å². The van der Waals surface area contributed by atoms with Crippen LogP contribution >= 0.6 is 15.9 Å². The lowest BCUT2D eigenvalue weighted by Crippen LogP contribution is -2.49. The predicted octanol–water partition coefficient (Wildman–Crippen LogP) is 2.38. The zero-order valence-corrected chi connectivity index (χ0v) is 17.8. The van der Waals surface area contributed by atoms with Crippen molar-refractivity contribution in [1.29, 1.82) is 0 Å². The minimum atomic E-state index is -1.04. The zero-order valence-electron chi connectivity index (χ0n) is 16.2. The largest absolute Gasteiger partial charge is 0.480 e. The number of rotatable bonds is 5. The van der Waals surface area contributed by atoms with Crippen LogP contribution in [0.4, 0.5) is 5.95 Å². The molecule has 1 saturated heterocycles. The molecule has 1 atom stereocenters. The van der Waals surface area contributed by atoms with Crippen LogP contribution in [0.25, 0.3) is 10.9 Å². The molecule has 9 nitrogen and oxygen atoms in total. The van der Waals surface area contributed by atoms with Crippen LogP contribution in [0.1, 0.15) is 22.0 Å². The van der Waals surface area contributed by atoms with Gasteiger partial charge < -0.3 is 19.7 Å². The molecular weight excluding hydrogens is 454 g/mol. The van der Waals surface area contributed by atoms with Gasteiger partial charge in [0.05, 0.1) is 10.0 Å². The number of hydrogen-bond acceptors (Lipinski definition) is 6. The monoisotopic (exact) mass is 473 g/mol. The van der Waals surface area contributed by atoms with Crippen molar-refractivity contribution in [2.75, 3.05) is 31.1 Å². The summed E-state index contributed by atoms with van der Waals surface area (Å²) in [5.41, 5.74) is 1.52. The van der Waals surface area contributed by atoms with E-state index in [-0.39, 0.29) is 5.56 Å². The van der Waals surface area contributed by atoms with Gasteiger partial charge in [-0.05, 0) is 34.1 Å². The van der Waals surface area contributed by atoms with E-state index in [1.807, 2.05) is 21.4 Å². The lowest BCUT2D eigenvalue weighted by atomic mass is 10.0. The number of aliphatic carboxylic acids is 1. The van der Waals surface area contributed by atoms with Crippen LogP contribution in [-0.4, -0.2) is 67.8 Å². The maximum Gasteiger partial charge on any atom is 0.335 e. The van der Waals surface area contributed by atoms with Crippen molar-refractivity contribution >= 4 is 44.7 Å². The van der Waals surface area contributed by atoms with Gasteiger partial charge in [-0.1, -0.05) is 0 Å². The number of aromatic carboxylic acids is 1. The molecule has 156 valence electrons. The number of carbonyl (C=O) groups is 2. The minimum absolute atomic E-state index is 0.135. The van der Waals surface area contributed by atoms with Crippen molar-refractivity contribution in [1.82, 2.24) is 19.4 Å². The molecule has 3 heterocycles. The quantitative estimate of drug-likeness (QED) is 0.580. The number of halogens is 1. The smallest absolute Gasteiger partial charge is 0.335 e. The Bertz CT molecular complexity index is 1110. The van der Waals surface area contributed by atoms with Crippen molar-refractivity contribution < 1.29 is 19.8 Å². The fraction of sp³-hybridized carbons (Fsp3) is 0.300. The van der Waals surface area contributed by atoms with Crippen molar-refractivity contribution in [3.63, 3.8) is 0 Å². The fourth-order valence-corrected chi connectivity index (χ4v) is 4.11. The van der Waals surface area contributed by atoms with E-state index >= 15 is 0 Å². The fourth-order valence-electron chi connectivity index (χ4n) is 3.91. The second kappa shape index (κ2) is 8.04. The molecule has 0 amide bonds. The Balaban J connectivity index is 1.62. The Kier molecular flexibility index (Phi) is 5.44. The number of aryl methyl sites for hydroxylation is 1. The van der Waals surface area contributed by atoms with E-state index in [9.17, 15) is 19.8 Å². The first kappa shape index (κ1) is 20.3.